The van der Waals surface area contributed by atoms with E-state index in [0.29, 0.717) is 13.0 Å². The Balaban J connectivity index is 3.66. The smallest absolute Gasteiger partial charge is 0.305 e. The first-order valence-electron chi connectivity index (χ1n) is 10.0. The largest absolute Gasteiger partial charge is 0.510 e. The fourth-order valence-electron chi connectivity index (χ4n) is 2.69. The monoisotopic (exact) mass is 389 g/mol. The highest BCUT2D eigenvalue weighted by Crippen LogP contribution is 2.15. The normalized spacial score (nSPS) is 14.7. The van der Waals surface area contributed by atoms with Gasteiger partial charge >= 0.3 is 5.97 Å². The highest BCUT2D eigenvalue weighted by atomic mass is 16.7. The van der Waals surface area contributed by atoms with Gasteiger partial charge in [-0.2, -0.15) is 0 Å². The maximum atomic E-state index is 11.0. The first-order chi connectivity index (χ1) is 12.8. The summed E-state index contributed by atoms with van der Waals surface area (Å²) in [5, 5.41) is 29.5. The lowest BCUT2D eigenvalue weighted by Gasteiger charge is -2.28. The number of aliphatic hydroxyl groups excluding tert-OH is 3. The maximum Gasteiger partial charge on any atom is 0.305 e. The van der Waals surface area contributed by atoms with Gasteiger partial charge < -0.3 is 20.1 Å². The van der Waals surface area contributed by atoms with Crippen LogP contribution in [0.5, 0.6) is 0 Å². The van der Waals surface area contributed by atoms with E-state index in [2.05, 4.69) is 16.8 Å². The molecule has 7 nitrogen and oxygen atoms in total. The fourth-order valence-corrected chi connectivity index (χ4v) is 2.69. The van der Waals surface area contributed by atoms with E-state index in [9.17, 15) is 20.1 Å². The Morgan fingerprint density at radius 2 is 1.48 bits per heavy atom. The Labute approximate surface area is 163 Å². The Hall–Kier alpha value is -1.15. The van der Waals surface area contributed by atoms with E-state index in [-0.39, 0.29) is 17.6 Å². The number of hydrogen-bond acceptors (Lipinski definition) is 7. The van der Waals surface area contributed by atoms with Crippen LogP contribution in [-0.2, 0) is 14.4 Å². The summed E-state index contributed by atoms with van der Waals surface area (Å²) < 4.78 is 4.60. The summed E-state index contributed by atoms with van der Waals surface area (Å²) in [4.78, 5) is 16.3. The lowest BCUT2D eigenvalue weighted by Crippen LogP contribution is -2.45. The van der Waals surface area contributed by atoms with E-state index in [1.54, 1.807) is 13.8 Å². The molecule has 0 heterocycles. The van der Waals surface area contributed by atoms with E-state index in [1.165, 1.54) is 7.11 Å². The van der Waals surface area contributed by atoms with E-state index >= 15 is 0 Å². The second-order valence-electron chi connectivity index (χ2n) is 7.30. The molecule has 0 aromatic carbocycles. The molecule has 0 aliphatic rings. The number of nitrogens with one attached hydrogen (secondary N) is 1. The number of esters is 1. The van der Waals surface area contributed by atoms with Gasteiger partial charge in [-0.1, -0.05) is 59.0 Å². The Morgan fingerprint density at radius 1 is 0.963 bits per heavy atom. The van der Waals surface area contributed by atoms with Gasteiger partial charge in [0.15, 0.2) is 6.10 Å². The Morgan fingerprint density at radius 3 is 1.96 bits per heavy atom. The van der Waals surface area contributed by atoms with Crippen LogP contribution in [0.1, 0.15) is 71.6 Å². The standard InChI is InChI=1S/C20H39NO6/c1-15(2)18(24)19(25)20(16(3)22)27-21-14-12-10-8-6-5-7-9-11-13-17(23)26-4/h15,18-22,24-25H,3,5-14H2,1-2,4H3. The Kier molecular flexibility index (Phi) is 15.2. The van der Waals surface area contributed by atoms with Crippen LogP contribution in [0.25, 0.3) is 0 Å². The summed E-state index contributed by atoms with van der Waals surface area (Å²) in [6.45, 7) is 7.54. The van der Waals surface area contributed by atoms with Crippen molar-refractivity contribution in [2.45, 2.75) is 89.9 Å². The zero-order valence-electron chi connectivity index (χ0n) is 17.2. The molecular formula is C20H39NO6. The van der Waals surface area contributed by atoms with Crippen LogP contribution in [0.4, 0.5) is 0 Å². The molecule has 0 amide bonds. The summed E-state index contributed by atoms with van der Waals surface area (Å²) in [5.74, 6) is -0.615. The van der Waals surface area contributed by atoms with Gasteiger partial charge in [0.2, 0.25) is 0 Å². The van der Waals surface area contributed by atoms with Gasteiger partial charge in [-0.3, -0.25) is 9.63 Å². The molecule has 4 N–H and O–H groups in total. The number of ether oxygens (including phenoxy) is 1. The summed E-state index contributed by atoms with van der Waals surface area (Å²) in [6, 6.07) is 0. The molecule has 0 saturated carbocycles. The maximum absolute atomic E-state index is 11.0. The second kappa shape index (κ2) is 15.9. The minimum Gasteiger partial charge on any atom is -0.510 e. The minimum absolute atomic E-state index is 0.136. The van der Waals surface area contributed by atoms with Crippen molar-refractivity contribution in [1.29, 1.82) is 0 Å². The van der Waals surface area contributed by atoms with E-state index in [1.807, 2.05) is 0 Å². The van der Waals surface area contributed by atoms with Crippen molar-refractivity contribution in [2.75, 3.05) is 13.7 Å². The highest BCUT2D eigenvalue weighted by molar-refractivity contribution is 5.68. The molecular weight excluding hydrogens is 350 g/mol. The number of aliphatic hydroxyl groups is 3. The van der Waals surface area contributed by atoms with Gasteiger partial charge in [0, 0.05) is 13.0 Å². The van der Waals surface area contributed by atoms with Crippen LogP contribution in [0.3, 0.4) is 0 Å². The van der Waals surface area contributed by atoms with Crippen LogP contribution in [0, 0.1) is 5.92 Å². The van der Waals surface area contributed by atoms with Crippen molar-refractivity contribution in [3.05, 3.63) is 12.3 Å². The fraction of sp³-hybridized carbons (Fsp3) is 0.850. The van der Waals surface area contributed by atoms with Crippen molar-refractivity contribution in [3.63, 3.8) is 0 Å². The third-order valence-corrected chi connectivity index (χ3v) is 4.52. The summed E-state index contributed by atoms with van der Waals surface area (Å²) >= 11 is 0. The van der Waals surface area contributed by atoms with Crippen molar-refractivity contribution >= 4 is 5.97 Å². The average Bonchev–Trinajstić information content (AvgIpc) is 2.63. The molecule has 3 atom stereocenters. The molecule has 3 unspecified atom stereocenters. The molecule has 0 aliphatic heterocycles. The molecule has 0 bridgehead atoms. The summed E-state index contributed by atoms with van der Waals surface area (Å²) in [6.07, 6.45) is 5.70. The zero-order valence-corrected chi connectivity index (χ0v) is 17.2. The molecule has 0 rings (SSSR count). The number of hydroxylamine groups is 1. The molecule has 0 aromatic heterocycles. The van der Waals surface area contributed by atoms with Crippen LogP contribution >= 0.6 is 0 Å². The van der Waals surface area contributed by atoms with Crippen molar-refractivity contribution < 1.29 is 29.7 Å². The number of methoxy groups -OCH3 is 1. The first kappa shape index (κ1) is 25.9. The van der Waals surface area contributed by atoms with Crippen LogP contribution in [0.15, 0.2) is 12.3 Å². The predicted molar refractivity (Wildman–Crippen MR) is 105 cm³/mol. The zero-order chi connectivity index (χ0) is 20.7. The molecule has 0 aromatic rings. The van der Waals surface area contributed by atoms with Gasteiger partial charge in [-0.15, -0.1) is 0 Å². The lowest BCUT2D eigenvalue weighted by atomic mass is 9.97. The van der Waals surface area contributed by atoms with E-state index in [4.69, 9.17) is 4.84 Å². The second-order valence-corrected chi connectivity index (χ2v) is 7.30. The molecule has 0 fully saturated rings. The minimum atomic E-state index is -1.24. The Bertz CT molecular complexity index is 402. The van der Waals surface area contributed by atoms with Crippen LogP contribution in [-0.4, -0.2) is 53.3 Å². The predicted octanol–water partition coefficient (Wildman–Crippen LogP) is 3.01. The van der Waals surface area contributed by atoms with Crippen LogP contribution < -0.4 is 5.48 Å². The third-order valence-electron chi connectivity index (χ3n) is 4.52. The molecule has 160 valence electrons. The highest BCUT2D eigenvalue weighted by Gasteiger charge is 2.31. The molecule has 0 spiro atoms. The van der Waals surface area contributed by atoms with Gasteiger partial charge in [0.25, 0.3) is 0 Å². The van der Waals surface area contributed by atoms with Gasteiger partial charge in [0.05, 0.1) is 13.2 Å². The summed E-state index contributed by atoms with van der Waals surface area (Å²) in [7, 11) is 1.42. The average molecular weight is 390 g/mol. The summed E-state index contributed by atoms with van der Waals surface area (Å²) in [5.41, 5.74) is 2.74. The molecule has 7 heteroatoms. The topological polar surface area (TPSA) is 108 Å². The molecule has 27 heavy (non-hydrogen) atoms. The molecule has 0 saturated heterocycles. The number of hydrogen-bond donors (Lipinski definition) is 4. The lowest BCUT2D eigenvalue weighted by molar-refractivity contribution is -0.140. The third kappa shape index (κ3) is 12.8. The number of unbranched alkanes of at least 4 members (excludes halogenated alkanes) is 7. The van der Waals surface area contributed by atoms with Crippen molar-refractivity contribution in [2.24, 2.45) is 5.92 Å². The number of carbonyl (C=O) groups is 1. The van der Waals surface area contributed by atoms with Crippen molar-refractivity contribution in [1.82, 2.24) is 5.48 Å². The van der Waals surface area contributed by atoms with Gasteiger partial charge in [-0.25, -0.2) is 5.48 Å². The van der Waals surface area contributed by atoms with Gasteiger partial charge in [0.1, 0.15) is 11.9 Å². The number of carbonyl (C=O) groups excluding carboxylic acids is 1. The molecule has 0 radical (unpaired) electrons. The quantitative estimate of drug-likeness (QED) is 0.131. The SMILES string of the molecule is C=C(O)C(ONCCCCCCCCCCC(=O)OC)C(O)C(O)C(C)C. The van der Waals surface area contributed by atoms with Crippen LogP contribution in [0.2, 0.25) is 0 Å². The van der Waals surface area contributed by atoms with E-state index in [0.717, 1.165) is 51.4 Å². The first-order valence-corrected chi connectivity index (χ1v) is 10.0. The molecule has 0 aliphatic carbocycles. The van der Waals surface area contributed by atoms with E-state index < -0.39 is 18.3 Å². The number of rotatable bonds is 17. The van der Waals surface area contributed by atoms with Crippen molar-refractivity contribution in [3.8, 4) is 0 Å². The van der Waals surface area contributed by atoms with Gasteiger partial charge in [-0.05, 0) is 18.8 Å².